The number of pyridine rings is 2. The lowest BCUT2D eigenvalue weighted by Gasteiger charge is -2.34. The number of β-amino-alcohol motifs (C(OH)–C–C–N with tert-alkyl or cyclic N) is 1. The Morgan fingerprint density at radius 3 is 2.49 bits per heavy atom. The summed E-state index contributed by atoms with van der Waals surface area (Å²) in [7, 11) is 0. The van der Waals surface area contributed by atoms with Gasteiger partial charge in [-0.25, -0.2) is 9.97 Å². The molecule has 4 N–H and O–H groups in total. The number of hydrogen-bond acceptors (Lipinski definition) is 8. The fourth-order valence-corrected chi connectivity index (χ4v) is 4.99. The first-order valence-corrected chi connectivity index (χ1v) is 12.6. The molecule has 3 aliphatic rings. The van der Waals surface area contributed by atoms with Crippen LogP contribution in [0.2, 0.25) is 0 Å². The van der Waals surface area contributed by atoms with Crippen LogP contribution in [-0.2, 0) is 0 Å². The maximum atomic E-state index is 13.4. The Bertz CT molecular complexity index is 1080. The SMILES string of the molecule is CC(C)(CO)Nc1ccc(C(=O)Nc2cccc(N3CCC(O)C3)n2)c(N2CCC3(CC2)CC3)n1. The van der Waals surface area contributed by atoms with Gasteiger partial charge >= 0.3 is 0 Å². The molecule has 0 bridgehead atoms. The molecule has 9 nitrogen and oxygen atoms in total. The molecule has 2 aromatic rings. The van der Waals surface area contributed by atoms with Gasteiger partial charge in [0.1, 0.15) is 23.3 Å². The molecule has 1 atom stereocenters. The number of hydrogen-bond donors (Lipinski definition) is 4. The van der Waals surface area contributed by atoms with Crippen LogP contribution >= 0.6 is 0 Å². The second-order valence-corrected chi connectivity index (χ2v) is 10.9. The van der Waals surface area contributed by atoms with Gasteiger partial charge in [0.25, 0.3) is 5.91 Å². The number of aromatic nitrogens is 2. The van der Waals surface area contributed by atoms with Gasteiger partial charge in [-0.1, -0.05) is 6.07 Å². The van der Waals surface area contributed by atoms with Gasteiger partial charge in [0.15, 0.2) is 0 Å². The largest absolute Gasteiger partial charge is 0.394 e. The van der Waals surface area contributed by atoms with Crippen molar-refractivity contribution in [2.24, 2.45) is 5.41 Å². The highest BCUT2D eigenvalue weighted by Crippen LogP contribution is 2.54. The predicted molar refractivity (Wildman–Crippen MR) is 137 cm³/mol. The van der Waals surface area contributed by atoms with Gasteiger partial charge < -0.3 is 30.6 Å². The molecule has 2 aromatic heterocycles. The van der Waals surface area contributed by atoms with Crippen molar-refractivity contribution >= 4 is 29.2 Å². The van der Waals surface area contributed by atoms with E-state index in [4.69, 9.17) is 4.98 Å². The van der Waals surface area contributed by atoms with Crippen molar-refractivity contribution in [2.75, 3.05) is 53.2 Å². The summed E-state index contributed by atoms with van der Waals surface area (Å²) >= 11 is 0. The number of nitrogens with zero attached hydrogens (tertiary/aromatic N) is 4. The summed E-state index contributed by atoms with van der Waals surface area (Å²) in [6.45, 7) is 6.84. The number of amides is 1. The molecule has 1 aliphatic carbocycles. The van der Waals surface area contributed by atoms with Crippen molar-refractivity contribution in [2.45, 2.75) is 57.6 Å². The van der Waals surface area contributed by atoms with Crippen molar-refractivity contribution in [1.82, 2.24) is 9.97 Å². The molecule has 4 heterocycles. The van der Waals surface area contributed by atoms with Crippen LogP contribution in [0.3, 0.4) is 0 Å². The van der Waals surface area contributed by atoms with Crippen molar-refractivity contribution in [3.8, 4) is 0 Å². The normalized spacial score (nSPS) is 21.3. The minimum Gasteiger partial charge on any atom is -0.394 e. The number of carbonyl (C=O) groups excluding carboxylic acids is 1. The Balaban J connectivity index is 1.38. The third-order valence-electron chi connectivity index (χ3n) is 7.53. The summed E-state index contributed by atoms with van der Waals surface area (Å²) in [5.41, 5.74) is 0.496. The smallest absolute Gasteiger partial charge is 0.260 e. The van der Waals surface area contributed by atoms with Crippen molar-refractivity contribution in [3.05, 3.63) is 35.9 Å². The van der Waals surface area contributed by atoms with Crippen LogP contribution in [0.5, 0.6) is 0 Å². The first kappa shape index (κ1) is 23.8. The molecule has 2 aliphatic heterocycles. The van der Waals surface area contributed by atoms with Crippen LogP contribution in [0, 0.1) is 5.41 Å². The van der Waals surface area contributed by atoms with Crippen LogP contribution < -0.4 is 20.4 Å². The van der Waals surface area contributed by atoms with Crippen molar-refractivity contribution < 1.29 is 15.0 Å². The van der Waals surface area contributed by atoms with Crippen LogP contribution in [0.4, 0.5) is 23.3 Å². The molecule has 5 rings (SSSR count). The molecule has 0 radical (unpaired) electrons. The van der Waals surface area contributed by atoms with Gasteiger partial charge in [0.05, 0.1) is 23.8 Å². The molecule has 0 aromatic carbocycles. The number of nitrogens with one attached hydrogen (secondary N) is 2. The number of piperidine rings is 1. The number of rotatable bonds is 7. The Labute approximate surface area is 206 Å². The summed E-state index contributed by atoms with van der Waals surface area (Å²) in [5, 5.41) is 25.8. The van der Waals surface area contributed by atoms with Crippen LogP contribution in [0.1, 0.15) is 56.3 Å². The van der Waals surface area contributed by atoms with E-state index >= 15 is 0 Å². The summed E-state index contributed by atoms with van der Waals surface area (Å²) in [6, 6.07) is 9.13. The van der Waals surface area contributed by atoms with E-state index < -0.39 is 5.54 Å². The number of carbonyl (C=O) groups is 1. The second kappa shape index (κ2) is 9.28. The van der Waals surface area contributed by atoms with E-state index in [0.717, 1.165) is 44.7 Å². The van der Waals surface area contributed by atoms with Crippen molar-refractivity contribution in [1.29, 1.82) is 0 Å². The Kier molecular flexibility index (Phi) is 6.31. The molecular formula is C26H36N6O3. The lowest BCUT2D eigenvalue weighted by Crippen LogP contribution is -2.38. The zero-order valence-corrected chi connectivity index (χ0v) is 20.6. The first-order valence-electron chi connectivity index (χ1n) is 12.6. The zero-order valence-electron chi connectivity index (χ0n) is 20.6. The topological polar surface area (TPSA) is 114 Å². The summed E-state index contributed by atoms with van der Waals surface area (Å²) in [4.78, 5) is 27.1. The molecule has 9 heteroatoms. The predicted octanol–water partition coefficient (Wildman–Crippen LogP) is 2.86. The molecule has 1 unspecified atom stereocenters. The van der Waals surface area contributed by atoms with E-state index in [1.54, 1.807) is 18.2 Å². The highest BCUT2D eigenvalue weighted by Gasteiger charge is 2.45. The maximum absolute atomic E-state index is 13.4. The van der Waals surface area contributed by atoms with E-state index in [1.165, 1.54) is 12.8 Å². The fraction of sp³-hybridized carbons (Fsp3) is 0.577. The third-order valence-corrected chi connectivity index (χ3v) is 7.53. The van der Waals surface area contributed by atoms with Gasteiger partial charge in [-0.2, -0.15) is 0 Å². The fourth-order valence-electron chi connectivity index (χ4n) is 4.99. The second-order valence-electron chi connectivity index (χ2n) is 10.9. The monoisotopic (exact) mass is 480 g/mol. The van der Waals surface area contributed by atoms with E-state index in [2.05, 4.69) is 20.5 Å². The Morgan fingerprint density at radius 1 is 1.06 bits per heavy atom. The molecule has 1 amide bonds. The molecule has 35 heavy (non-hydrogen) atoms. The maximum Gasteiger partial charge on any atom is 0.260 e. The minimum absolute atomic E-state index is 0.0332. The summed E-state index contributed by atoms with van der Waals surface area (Å²) < 4.78 is 0. The standard InChI is InChI=1S/C26H36N6O3/c1-25(2,17-33)30-21-7-6-19(23(28-21)31-14-11-26(9-10-26)12-15-31)24(35)29-20-4-3-5-22(27-20)32-13-8-18(34)16-32/h3-7,18,33-34H,8-17H2,1-2H3,(H,28,30)(H,27,29,35). The highest BCUT2D eigenvalue weighted by atomic mass is 16.3. The molecule has 1 saturated carbocycles. The number of anilines is 4. The van der Waals surface area contributed by atoms with E-state index in [1.807, 2.05) is 30.9 Å². The Morgan fingerprint density at radius 2 is 1.83 bits per heavy atom. The molecule has 3 fully saturated rings. The van der Waals surface area contributed by atoms with Crippen LogP contribution in [-0.4, -0.2) is 70.5 Å². The Hall–Kier alpha value is -2.91. The van der Waals surface area contributed by atoms with E-state index in [0.29, 0.717) is 35.0 Å². The van der Waals surface area contributed by atoms with Gasteiger partial charge in [0, 0.05) is 26.2 Å². The number of aliphatic hydroxyl groups excluding tert-OH is 2. The lowest BCUT2D eigenvalue weighted by atomic mass is 9.93. The number of aliphatic hydroxyl groups is 2. The van der Waals surface area contributed by atoms with Crippen LogP contribution in [0.15, 0.2) is 30.3 Å². The molecular weight excluding hydrogens is 444 g/mol. The van der Waals surface area contributed by atoms with Gasteiger partial charge in [-0.05, 0) is 75.6 Å². The van der Waals surface area contributed by atoms with Gasteiger partial charge in [0.2, 0.25) is 0 Å². The quantitative estimate of drug-likeness (QED) is 0.478. The van der Waals surface area contributed by atoms with Crippen molar-refractivity contribution in [3.63, 3.8) is 0 Å². The molecule has 188 valence electrons. The third kappa shape index (κ3) is 5.36. The van der Waals surface area contributed by atoms with Crippen LogP contribution in [0.25, 0.3) is 0 Å². The first-order chi connectivity index (χ1) is 16.8. The van der Waals surface area contributed by atoms with E-state index in [9.17, 15) is 15.0 Å². The van der Waals surface area contributed by atoms with Gasteiger partial charge in [-0.15, -0.1) is 0 Å². The summed E-state index contributed by atoms with van der Waals surface area (Å²) in [5.74, 6) is 2.26. The van der Waals surface area contributed by atoms with Gasteiger partial charge in [-0.3, -0.25) is 4.79 Å². The van der Waals surface area contributed by atoms with E-state index in [-0.39, 0.29) is 18.6 Å². The summed E-state index contributed by atoms with van der Waals surface area (Å²) in [6.07, 6.45) is 5.25. The average Bonchev–Trinajstić information content (AvgIpc) is 3.45. The molecule has 1 spiro atoms. The lowest BCUT2D eigenvalue weighted by molar-refractivity contribution is 0.102. The zero-order chi connectivity index (χ0) is 24.6. The molecule has 2 saturated heterocycles. The average molecular weight is 481 g/mol. The highest BCUT2D eigenvalue weighted by molar-refractivity contribution is 6.07. The minimum atomic E-state index is -0.526.